The normalized spacial score (nSPS) is 18.0. The number of ether oxygens (including phenoxy) is 8. The van der Waals surface area contributed by atoms with Crippen LogP contribution in [-0.2, 0) is 63.0 Å². The smallest absolute Gasteiger partial charge is 0.264 e. The van der Waals surface area contributed by atoms with Gasteiger partial charge in [-0.1, -0.05) is 133 Å². The van der Waals surface area contributed by atoms with E-state index in [4.69, 9.17) is 50.9 Å². The molecule has 8 aromatic carbocycles. The fourth-order valence-corrected chi connectivity index (χ4v) is 10.6. The Morgan fingerprint density at radius 2 is 0.821 bits per heavy atom. The van der Waals surface area contributed by atoms with E-state index in [9.17, 15) is 23.1 Å². The van der Waals surface area contributed by atoms with Gasteiger partial charge in [0.05, 0.1) is 56.7 Å². The SMILES string of the molecule is COc1cc(OCc2ccccc2)c(C[C@@H]2O[C@]2(C)CO)c2oc3c(OCc4ccccc4)cccc3c(=O)c12.COc1cc(OCc2ccccc2)c(C[C@@H]2O[C@]2(C)COS(C)(=O)=O)c2oc3c(OCc4ccccc4)cccc3c(=O)c12. The van der Waals surface area contributed by atoms with E-state index in [2.05, 4.69) is 0 Å². The second-order valence-electron chi connectivity index (χ2n) is 21.1. The zero-order chi connectivity index (χ0) is 58.6. The molecule has 84 heavy (non-hydrogen) atoms. The largest absolute Gasteiger partial charge is 0.496 e. The van der Waals surface area contributed by atoms with Crippen LogP contribution in [0.25, 0.3) is 43.9 Å². The van der Waals surface area contributed by atoms with Gasteiger partial charge in [0, 0.05) is 36.1 Å². The van der Waals surface area contributed by atoms with Gasteiger partial charge < -0.3 is 51.8 Å². The van der Waals surface area contributed by atoms with Crippen LogP contribution in [0.5, 0.6) is 34.5 Å². The third kappa shape index (κ3) is 12.5. The van der Waals surface area contributed by atoms with Gasteiger partial charge in [0.1, 0.15) is 82.6 Å². The van der Waals surface area contributed by atoms with E-state index in [1.54, 1.807) is 55.5 Å². The predicted octanol–water partition coefficient (Wildman–Crippen LogP) is 11.6. The number of benzene rings is 8. The summed E-state index contributed by atoms with van der Waals surface area (Å²) < 4.78 is 89.5. The van der Waals surface area contributed by atoms with Crippen LogP contribution in [0.1, 0.15) is 47.2 Å². The molecule has 4 heterocycles. The van der Waals surface area contributed by atoms with E-state index in [0.717, 1.165) is 28.5 Å². The Bertz CT molecular complexity index is 4230. The van der Waals surface area contributed by atoms with Gasteiger partial charge >= 0.3 is 0 Å². The Hall–Kier alpha value is -8.71. The molecule has 2 aliphatic rings. The highest BCUT2D eigenvalue weighted by molar-refractivity contribution is 7.86. The Morgan fingerprint density at radius 1 is 0.464 bits per heavy atom. The quantitative estimate of drug-likeness (QED) is 0.0381. The average molecular weight is 1160 g/mol. The summed E-state index contributed by atoms with van der Waals surface area (Å²) in [7, 11) is -0.653. The number of hydrogen-bond donors (Lipinski definition) is 1. The Morgan fingerprint density at radius 3 is 1.17 bits per heavy atom. The molecular formula is C67H62O16S. The molecule has 0 spiro atoms. The lowest BCUT2D eigenvalue weighted by molar-refractivity contribution is 0.184. The van der Waals surface area contributed by atoms with Crippen molar-refractivity contribution in [1.29, 1.82) is 0 Å². The molecule has 2 aliphatic heterocycles. The van der Waals surface area contributed by atoms with Crippen molar-refractivity contribution in [3.63, 3.8) is 0 Å². The second kappa shape index (κ2) is 24.2. The molecule has 2 aromatic heterocycles. The van der Waals surface area contributed by atoms with Gasteiger partial charge in [-0.2, -0.15) is 8.42 Å². The third-order valence-corrected chi connectivity index (χ3v) is 15.6. The number of aliphatic hydroxyl groups is 1. The monoisotopic (exact) mass is 1150 g/mol. The van der Waals surface area contributed by atoms with Crippen molar-refractivity contribution in [3.05, 3.63) is 224 Å². The molecule has 0 amide bonds. The molecule has 432 valence electrons. The minimum atomic E-state index is -3.66. The van der Waals surface area contributed by atoms with Gasteiger partial charge in [-0.15, -0.1) is 0 Å². The zero-order valence-electron chi connectivity index (χ0n) is 47.0. The molecule has 16 nitrogen and oxygen atoms in total. The van der Waals surface area contributed by atoms with Crippen molar-refractivity contribution in [2.75, 3.05) is 33.7 Å². The van der Waals surface area contributed by atoms with Crippen molar-refractivity contribution in [1.82, 2.24) is 0 Å². The maximum Gasteiger partial charge on any atom is 0.264 e. The Balaban J connectivity index is 0.000000176. The molecule has 0 aliphatic carbocycles. The van der Waals surface area contributed by atoms with Gasteiger partial charge in [-0.3, -0.25) is 13.8 Å². The van der Waals surface area contributed by atoms with Gasteiger partial charge in [0.15, 0.2) is 22.7 Å². The minimum absolute atomic E-state index is 0.115. The molecule has 2 saturated heterocycles. The summed E-state index contributed by atoms with van der Waals surface area (Å²) in [5.74, 6) is 2.51. The van der Waals surface area contributed by atoms with Crippen molar-refractivity contribution in [3.8, 4) is 34.5 Å². The molecule has 4 atom stereocenters. The maximum atomic E-state index is 14.0. The van der Waals surface area contributed by atoms with Crippen molar-refractivity contribution >= 4 is 54.0 Å². The Kier molecular flexibility index (Phi) is 16.5. The second-order valence-corrected chi connectivity index (χ2v) is 22.8. The third-order valence-electron chi connectivity index (χ3n) is 15.0. The van der Waals surface area contributed by atoms with Crippen LogP contribution in [0.2, 0.25) is 0 Å². The topological polar surface area (TPSA) is 204 Å². The fraction of sp³-hybridized carbons (Fsp3) is 0.254. The molecule has 0 radical (unpaired) electrons. The molecule has 2 fully saturated rings. The summed E-state index contributed by atoms with van der Waals surface area (Å²) in [5, 5.41) is 11.2. The first kappa shape index (κ1) is 57.1. The summed E-state index contributed by atoms with van der Waals surface area (Å²) in [5.41, 5.74) is 4.41. The van der Waals surface area contributed by atoms with Crippen LogP contribution in [0.3, 0.4) is 0 Å². The lowest BCUT2D eigenvalue weighted by Gasteiger charge is -2.17. The van der Waals surface area contributed by atoms with E-state index in [1.807, 2.05) is 128 Å². The first-order valence-corrected chi connectivity index (χ1v) is 29.1. The van der Waals surface area contributed by atoms with E-state index >= 15 is 0 Å². The van der Waals surface area contributed by atoms with E-state index < -0.39 is 27.4 Å². The molecule has 10 aromatic rings. The molecule has 0 saturated carbocycles. The van der Waals surface area contributed by atoms with Crippen LogP contribution in [0.4, 0.5) is 0 Å². The van der Waals surface area contributed by atoms with Gasteiger partial charge in [-0.25, -0.2) is 0 Å². The van der Waals surface area contributed by atoms with Crippen molar-refractivity contribution in [2.24, 2.45) is 0 Å². The summed E-state index contributed by atoms with van der Waals surface area (Å²) in [6.07, 6.45) is 0.945. The number of aliphatic hydroxyl groups excluding tert-OH is 1. The van der Waals surface area contributed by atoms with E-state index in [1.165, 1.54) is 14.2 Å². The summed E-state index contributed by atoms with van der Waals surface area (Å²) in [6, 6.07) is 52.9. The van der Waals surface area contributed by atoms with Crippen LogP contribution < -0.4 is 39.3 Å². The predicted molar refractivity (Wildman–Crippen MR) is 318 cm³/mol. The molecular weight excluding hydrogens is 1090 g/mol. The number of rotatable bonds is 22. The molecule has 0 bridgehead atoms. The zero-order valence-corrected chi connectivity index (χ0v) is 47.8. The standard InChI is InChI=1S/C34H32O9S.C33H30O7/c1-34(21-41-44(3,36)37)29(43-34)17-25-27(40-20-23-13-8-5-9-14-23)18-28(38-2)30-31(35)24-15-10-16-26(32(24)42-33(25)30)39-19-22-11-6-4-7-12-22;1-33(20-34)28(40-33)16-24-26(38-19-22-12-7-4-8-13-22)17-27(36-2)29-30(35)23-14-9-15-25(31(23)39-32(24)29)37-18-21-10-5-3-6-11-21/h4-16,18,29H,17,19-21H2,1-3H3;3-15,17,28,34H,16,18-20H2,1-2H3/t29-,34+;28-,33+/m00/s1. The molecule has 17 heteroatoms. The average Bonchev–Trinajstić information content (AvgIpc) is 2.34. The molecule has 0 unspecified atom stereocenters. The van der Waals surface area contributed by atoms with Crippen LogP contribution in [0.15, 0.2) is 188 Å². The first-order chi connectivity index (χ1) is 40.7. The van der Waals surface area contributed by atoms with E-state index in [0.29, 0.717) is 98.2 Å². The van der Waals surface area contributed by atoms with Crippen LogP contribution in [-0.4, -0.2) is 70.6 Å². The number of hydrogen-bond acceptors (Lipinski definition) is 16. The van der Waals surface area contributed by atoms with Crippen LogP contribution >= 0.6 is 0 Å². The summed E-state index contributed by atoms with van der Waals surface area (Å²) >= 11 is 0. The molecule has 12 rings (SSSR count). The highest BCUT2D eigenvalue weighted by Gasteiger charge is 2.54. The molecule has 1 N–H and O–H groups in total. The lowest BCUT2D eigenvalue weighted by atomic mass is 9.98. The maximum absolute atomic E-state index is 14.0. The van der Waals surface area contributed by atoms with Gasteiger partial charge in [-0.05, 0) is 60.4 Å². The lowest BCUT2D eigenvalue weighted by Crippen LogP contribution is -2.22. The first-order valence-electron chi connectivity index (χ1n) is 27.3. The highest BCUT2D eigenvalue weighted by atomic mass is 32.2. The number of methoxy groups -OCH3 is 2. The highest BCUT2D eigenvalue weighted by Crippen LogP contribution is 2.46. The number of fused-ring (bicyclic) bond motifs is 4. The van der Waals surface area contributed by atoms with E-state index in [-0.39, 0.29) is 60.8 Å². The van der Waals surface area contributed by atoms with Crippen molar-refractivity contribution < 1.29 is 64.4 Å². The van der Waals surface area contributed by atoms with Gasteiger partial charge in [0.2, 0.25) is 10.9 Å². The summed E-state index contributed by atoms with van der Waals surface area (Å²) in [6.45, 7) is 4.55. The summed E-state index contributed by atoms with van der Waals surface area (Å²) in [4.78, 5) is 27.9. The minimum Gasteiger partial charge on any atom is -0.496 e. The Labute approximate surface area is 484 Å². The van der Waals surface area contributed by atoms with Crippen molar-refractivity contribution in [2.45, 2.75) is 76.5 Å². The van der Waals surface area contributed by atoms with Gasteiger partial charge in [0.25, 0.3) is 10.1 Å². The van der Waals surface area contributed by atoms with Crippen LogP contribution in [0, 0.1) is 0 Å². The number of epoxide rings is 2. The number of para-hydroxylation sites is 2. The fourth-order valence-electron chi connectivity index (χ4n) is 10.1.